The summed E-state index contributed by atoms with van der Waals surface area (Å²) in [6.07, 6.45) is 2.77. The predicted molar refractivity (Wildman–Crippen MR) is 88.4 cm³/mol. The Morgan fingerprint density at radius 2 is 1.95 bits per heavy atom. The molecule has 21 heavy (non-hydrogen) atoms. The zero-order chi connectivity index (χ0) is 16.2. The van der Waals surface area contributed by atoms with E-state index < -0.39 is 10.0 Å². The highest BCUT2D eigenvalue weighted by molar-refractivity contribution is 7.98. The summed E-state index contributed by atoms with van der Waals surface area (Å²) in [6.45, 7) is 6.00. The molecule has 1 rings (SSSR count). The van der Waals surface area contributed by atoms with Crippen LogP contribution in [-0.4, -0.2) is 44.9 Å². The molecule has 0 aliphatic rings. The lowest BCUT2D eigenvalue weighted by atomic mass is 10.2. The number of nitrogens with zero attached hydrogens (tertiary/aromatic N) is 1. The highest BCUT2D eigenvalue weighted by Gasteiger charge is 2.33. The van der Waals surface area contributed by atoms with Crippen LogP contribution in [0.2, 0.25) is 0 Å². The lowest BCUT2D eigenvalue weighted by Gasteiger charge is -2.26. The van der Waals surface area contributed by atoms with Crippen LogP contribution in [0.15, 0.2) is 9.31 Å². The lowest BCUT2D eigenvalue weighted by molar-refractivity contribution is 0.384. The van der Waals surface area contributed by atoms with Crippen LogP contribution in [0.25, 0.3) is 0 Å². The second kappa shape index (κ2) is 7.67. The van der Waals surface area contributed by atoms with Gasteiger partial charge in [-0.2, -0.15) is 16.1 Å². The molecule has 0 radical (unpaired) electrons. The van der Waals surface area contributed by atoms with Gasteiger partial charge in [0.2, 0.25) is 10.0 Å². The topological polar surface area (TPSA) is 62.6 Å². The van der Waals surface area contributed by atoms with Crippen molar-refractivity contribution in [2.24, 2.45) is 0 Å². The van der Waals surface area contributed by atoms with Gasteiger partial charge in [0.15, 0.2) is 0 Å². The first-order valence-electron chi connectivity index (χ1n) is 7.01. The molecule has 1 heterocycles. The molecule has 122 valence electrons. The molecule has 0 aromatic carbocycles. The van der Waals surface area contributed by atoms with Crippen molar-refractivity contribution >= 4 is 21.8 Å². The Balaban J connectivity index is 3.30. The van der Waals surface area contributed by atoms with Gasteiger partial charge in [-0.05, 0) is 33.6 Å². The Labute approximate surface area is 132 Å². The summed E-state index contributed by atoms with van der Waals surface area (Å²) in [4.78, 5) is 0.316. The molecule has 1 N–H and O–H groups in total. The van der Waals surface area contributed by atoms with Crippen LogP contribution >= 0.6 is 11.8 Å². The van der Waals surface area contributed by atoms with E-state index in [9.17, 15) is 8.42 Å². The molecule has 5 nitrogen and oxygen atoms in total. The first-order chi connectivity index (χ1) is 9.81. The highest BCUT2D eigenvalue weighted by atomic mass is 32.2. The molecular formula is C14H26N2O3S2. The number of nitrogens with one attached hydrogen (secondary N) is 1. The van der Waals surface area contributed by atoms with Gasteiger partial charge < -0.3 is 9.73 Å². The van der Waals surface area contributed by atoms with Crippen molar-refractivity contribution in [1.82, 2.24) is 9.62 Å². The van der Waals surface area contributed by atoms with Crippen molar-refractivity contribution < 1.29 is 12.8 Å². The van der Waals surface area contributed by atoms with Crippen molar-refractivity contribution in [1.29, 1.82) is 0 Å². The zero-order valence-corrected chi connectivity index (χ0v) is 15.3. The van der Waals surface area contributed by atoms with Crippen LogP contribution < -0.4 is 5.32 Å². The Morgan fingerprint density at radius 1 is 1.33 bits per heavy atom. The van der Waals surface area contributed by atoms with E-state index in [1.807, 2.05) is 13.2 Å². The number of hydrogen-bond acceptors (Lipinski definition) is 5. The van der Waals surface area contributed by atoms with Crippen molar-refractivity contribution in [2.45, 2.75) is 44.7 Å². The maximum absolute atomic E-state index is 13.0. The average molecular weight is 335 g/mol. The van der Waals surface area contributed by atoms with Crippen LogP contribution in [0.4, 0.5) is 0 Å². The van der Waals surface area contributed by atoms with Gasteiger partial charge in [-0.3, -0.25) is 0 Å². The largest absolute Gasteiger partial charge is 0.465 e. The van der Waals surface area contributed by atoms with E-state index in [0.29, 0.717) is 23.0 Å². The summed E-state index contributed by atoms with van der Waals surface area (Å²) < 4.78 is 33.0. The van der Waals surface area contributed by atoms with Gasteiger partial charge in [0, 0.05) is 31.0 Å². The van der Waals surface area contributed by atoms with Crippen molar-refractivity contribution in [2.75, 3.05) is 26.1 Å². The van der Waals surface area contributed by atoms with E-state index >= 15 is 0 Å². The van der Waals surface area contributed by atoms with E-state index in [1.165, 1.54) is 4.31 Å². The van der Waals surface area contributed by atoms with Crippen LogP contribution in [0.1, 0.15) is 30.4 Å². The summed E-state index contributed by atoms with van der Waals surface area (Å²) in [5, 5.41) is 3.01. The van der Waals surface area contributed by atoms with Crippen molar-refractivity contribution in [3.8, 4) is 0 Å². The second-order valence-corrected chi connectivity index (χ2v) is 7.94. The van der Waals surface area contributed by atoms with E-state index in [1.54, 1.807) is 39.7 Å². The van der Waals surface area contributed by atoms with Gasteiger partial charge >= 0.3 is 0 Å². The summed E-state index contributed by atoms with van der Waals surface area (Å²) in [7, 11) is -0.0955. The van der Waals surface area contributed by atoms with E-state index in [0.717, 1.165) is 17.7 Å². The fourth-order valence-corrected chi connectivity index (χ4v) is 5.22. The quantitative estimate of drug-likeness (QED) is 0.791. The molecule has 1 atom stereocenters. The number of rotatable bonds is 8. The number of aryl methyl sites for hydroxylation is 2. The monoisotopic (exact) mass is 334 g/mol. The van der Waals surface area contributed by atoms with E-state index in [4.69, 9.17) is 4.42 Å². The fourth-order valence-electron chi connectivity index (χ4n) is 2.44. The fraction of sp³-hybridized carbons (Fsp3) is 0.714. The number of furan rings is 1. The van der Waals surface area contributed by atoms with Gasteiger partial charge in [-0.25, -0.2) is 8.42 Å². The molecule has 0 spiro atoms. The van der Waals surface area contributed by atoms with Crippen molar-refractivity contribution in [3.05, 3.63) is 17.1 Å². The second-order valence-electron chi connectivity index (χ2n) is 5.09. The number of sulfonamides is 1. The Hall–Kier alpha value is -0.500. The molecule has 1 aromatic heterocycles. The molecule has 0 fully saturated rings. The summed E-state index contributed by atoms with van der Waals surface area (Å²) in [5.41, 5.74) is 0.723. The third-order valence-corrected chi connectivity index (χ3v) is 6.48. The normalized spacial score (nSPS) is 13.9. The third kappa shape index (κ3) is 3.83. The Bertz CT molecular complexity index is 567. The first kappa shape index (κ1) is 18.5. The predicted octanol–water partition coefficient (Wildman–Crippen LogP) is 2.38. The summed E-state index contributed by atoms with van der Waals surface area (Å²) in [6, 6.07) is -0.0120. The molecule has 0 saturated heterocycles. The minimum absolute atomic E-state index is 0.0120. The Kier molecular flexibility index (Phi) is 6.77. The highest BCUT2D eigenvalue weighted by Crippen LogP contribution is 2.30. The molecule has 1 unspecified atom stereocenters. The van der Waals surface area contributed by atoms with Crippen LogP contribution in [0.3, 0.4) is 0 Å². The zero-order valence-electron chi connectivity index (χ0n) is 13.7. The third-order valence-electron chi connectivity index (χ3n) is 3.66. The molecule has 7 heteroatoms. The van der Waals surface area contributed by atoms with Gasteiger partial charge in [-0.1, -0.05) is 6.92 Å². The summed E-state index contributed by atoms with van der Waals surface area (Å²) in [5.74, 6) is 1.90. The Morgan fingerprint density at radius 3 is 2.43 bits per heavy atom. The molecular weight excluding hydrogens is 308 g/mol. The molecule has 0 amide bonds. The first-order valence-corrected chi connectivity index (χ1v) is 9.85. The molecule has 1 aromatic rings. The van der Waals surface area contributed by atoms with Gasteiger partial charge in [0.1, 0.15) is 16.4 Å². The molecule has 0 aliphatic carbocycles. The number of hydrogen-bond donors (Lipinski definition) is 1. The maximum atomic E-state index is 13.0. The minimum atomic E-state index is -3.55. The minimum Gasteiger partial charge on any atom is -0.465 e. The van der Waals surface area contributed by atoms with E-state index in [2.05, 4.69) is 5.32 Å². The van der Waals surface area contributed by atoms with Crippen LogP contribution in [0.5, 0.6) is 0 Å². The molecule has 0 bridgehead atoms. The van der Waals surface area contributed by atoms with Crippen LogP contribution in [-0.2, 0) is 16.6 Å². The maximum Gasteiger partial charge on any atom is 0.246 e. The van der Waals surface area contributed by atoms with E-state index in [-0.39, 0.29) is 6.04 Å². The standard InChI is InChI=1S/C14H26N2O3S2/c1-7-12(9-20-6)16(5)21(17,18)14-11(3)19-10(2)13(14)8-15-4/h12,15H,7-9H2,1-6H3. The number of thioether (sulfide) groups is 1. The molecule has 0 aliphatic heterocycles. The smallest absolute Gasteiger partial charge is 0.246 e. The lowest BCUT2D eigenvalue weighted by Crippen LogP contribution is -2.38. The van der Waals surface area contributed by atoms with Crippen LogP contribution in [0, 0.1) is 13.8 Å². The SMILES string of the molecule is CCC(CSC)N(C)S(=O)(=O)c1c(C)oc(C)c1CNC. The summed E-state index contributed by atoms with van der Waals surface area (Å²) >= 11 is 1.66. The average Bonchev–Trinajstić information content (AvgIpc) is 2.70. The van der Waals surface area contributed by atoms with Gasteiger partial charge in [0.05, 0.1) is 0 Å². The van der Waals surface area contributed by atoms with Gasteiger partial charge in [-0.15, -0.1) is 0 Å². The molecule has 0 saturated carbocycles. The van der Waals surface area contributed by atoms with Crippen molar-refractivity contribution in [3.63, 3.8) is 0 Å². The van der Waals surface area contributed by atoms with Gasteiger partial charge in [0.25, 0.3) is 0 Å².